The largest absolute Gasteiger partial charge is 0.233 e. The van der Waals surface area contributed by atoms with Gasteiger partial charge in [-0.05, 0) is 26.7 Å². The van der Waals surface area contributed by atoms with Crippen LogP contribution in [0.1, 0.15) is 60.8 Å². The van der Waals surface area contributed by atoms with Gasteiger partial charge in [-0.25, -0.2) is 12.9 Å². The summed E-state index contributed by atoms with van der Waals surface area (Å²) in [4.78, 5) is 0. The van der Waals surface area contributed by atoms with E-state index in [0.717, 1.165) is 13.1 Å². The second-order valence-corrected chi connectivity index (χ2v) is 6.66. The number of nitrogens with zero attached hydrogens (tertiary/aromatic N) is 2. The highest BCUT2D eigenvalue weighted by atomic mass is 32.2. The van der Waals surface area contributed by atoms with E-state index in [1.54, 1.807) is 7.05 Å². The zero-order valence-electron chi connectivity index (χ0n) is 12.8. The van der Waals surface area contributed by atoms with E-state index >= 15 is 0 Å². The van der Waals surface area contributed by atoms with E-state index in [2.05, 4.69) is 8.67 Å². The smallest absolute Gasteiger partial charge is 0.112 e. The molecule has 4 heteroatoms. The molecule has 1 heterocycles. The van der Waals surface area contributed by atoms with E-state index in [-0.39, 0.29) is 5.25 Å². The van der Waals surface area contributed by atoms with Crippen molar-refractivity contribution in [2.24, 2.45) is 4.36 Å². The lowest BCUT2D eigenvalue weighted by Crippen LogP contribution is -2.39. The third kappa shape index (κ3) is 5.87. The predicted octanol–water partition coefficient (Wildman–Crippen LogP) is 3.95. The minimum atomic E-state index is -2.09. The molecule has 17 heavy (non-hydrogen) atoms. The fraction of sp³-hybridized carbons (Fsp3) is 1.00. The molecule has 0 aliphatic carbocycles. The average Bonchev–Trinajstić information content (AvgIpc) is 2.43. The molecule has 0 spiro atoms. The molecule has 0 aromatic carbocycles. The normalized spacial score (nSPS) is 19.3. The maximum absolute atomic E-state index is 12.4. The lowest BCUT2D eigenvalue weighted by atomic mass is 10.2. The Labute approximate surface area is 109 Å². The van der Waals surface area contributed by atoms with Gasteiger partial charge in [-0.1, -0.05) is 34.1 Å². The Morgan fingerprint density at radius 3 is 1.71 bits per heavy atom. The van der Waals surface area contributed by atoms with E-state index in [9.17, 15) is 4.21 Å². The Hall–Kier alpha value is -0.0900. The fourth-order valence-corrected chi connectivity index (χ4v) is 3.78. The topological polar surface area (TPSA) is 32.7 Å². The molecule has 1 atom stereocenters. The minimum absolute atomic E-state index is 0.135. The molecule has 106 valence electrons. The molecular formula is C13H32N2OS. The average molecular weight is 264 g/mol. The van der Waals surface area contributed by atoms with Crippen molar-refractivity contribution in [2.75, 3.05) is 20.1 Å². The molecule has 0 saturated carbocycles. The predicted molar refractivity (Wildman–Crippen MR) is 79.8 cm³/mol. The lowest BCUT2D eigenvalue weighted by molar-refractivity contribution is 0.359. The third-order valence-corrected chi connectivity index (χ3v) is 5.42. The van der Waals surface area contributed by atoms with E-state index in [1.807, 2.05) is 41.5 Å². The van der Waals surface area contributed by atoms with Gasteiger partial charge >= 0.3 is 0 Å². The van der Waals surface area contributed by atoms with Gasteiger partial charge in [0.25, 0.3) is 0 Å². The molecule has 0 aromatic heterocycles. The van der Waals surface area contributed by atoms with E-state index in [1.165, 1.54) is 19.3 Å². The highest BCUT2D eigenvalue weighted by Gasteiger charge is 2.24. The molecule has 0 amide bonds. The molecule has 3 nitrogen and oxygen atoms in total. The van der Waals surface area contributed by atoms with Crippen molar-refractivity contribution in [1.82, 2.24) is 4.31 Å². The first-order chi connectivity index (χ1) is 8.11. The van der Waals surface area contributed by atoms with Gasteiger partial charge in [-0.2, -0.15) is 0 Å². The van der Waals surface area contributed by atoms with Crippen LogP contribution in [0.2, 0.25) is 0 Å². The van der Waals surface area contributed by atoms with E-state index in [4.69, 9.17) is 0 Å². The van der Waals surface area contributed by atoms with Crippen LogP contribution in [-0.4, -0.2) is 33.9 Å². The van der Waals surface area contributed by atoms with Gasteiger partial charge < -0.3 is 0 Å². The van der Waals surface area contributed by atoms with Crippen molar-refractivity contribution >= 4 is 9.92 Å². The lowest BCUT2D eigenvalue weighted by Gasteiger charge is -2.31. The van der Waals surface area contributed by atoms with Crippen molar-refractivity contribution in [1.29, 1.82) is 0 Å². The number of hydrogen-bond donors (Lipinski definition) is 0. The number of piperidine rings is 1. The van der Waals surface area contributed by atoms with Crippen LogP contribution in [-0.2, 0) is 9.92 Å². The minimum Gasteiger partial charge on any atom is -0.233 e. The Morgan fingerprint density at radius 2 is 1.41 bits per heavy atom. The van der Waals surface area contributed by atoms with Crippen LogP contribution in [0.25, 0.3) is 0 Å². The Morgan fingerprint density at radius 1 is 1.00 bits per heavy atom. The fourth-order valence-electron chi connectivity index (χ4n) is 1.75. The molecule has 0 radical (unpaired) electrons. The van der Waals surface area contributed by atoms with Crippen LogP contribution in [0, 0.1) is 0 Å². The molecule has 0 N–H and O–H groups in total. The van der Waals surface area contributed by atoms with Gasteiger partial charge in [0.2, 0.25) is 0 Å². The van der Waals surface area contributed by atoms with Gasteiger partial charge in [-0.15, -0.1) is 0 Å². The van der Waals surface area contributed by atoms with Gasteiger partial charge in [0.15, 0.2) is 0 Å². The molecule has 1 fully saturated rings. The number of rotatable bonds is 2. The summed E-state index contributed by atoms with van der Waals surface area (Å²) in [6, 6.07) is 0. The summed E-state index contributed by atoms with van der Waals surface area (Å²) in [6.45, 7) is 13.9. The third-order valence-electron chi connectivity index (χ3n) is 2.56. The second kappa shape index (κ2) is 11.0. The highest BCUT2D eigenvalue weighted by molar-refractivity contribution is 7.91. The molecule has 1 saturated heterocycles. The van der Waals surface area contributed by atoms with Crippen molar-refractivity contribution in [2.45, 2.75) is 66.1 Å². The molecular weight excluding hydrogens is 232 g/mol. The Kier molecular flexibility index (Phi) is 12.5. The first kappa shape index (κ1) is 19.3. The molecule has 1 unspecified atom stereocenters. The van der Waals surface area contributed by atoms with Gasteiger partial charge in [0.05, 0.1) is 5.25 Å². The van der Waals surface area contributed by atoms with Crippen molar-refractivity contribution in [3.8, 4) is 0 Å². The summed E-state index contributed by atoms with van der Waals surface area (Å²) in [5, 5.41) is 0.135. The van der Waals surface area contributed by atoms with Gasteiger partial charge in [0, 0.05) is 20.1 Å². The second-order valence-electron chi connectivity index (χ2n) is 3.76. The first-order valence-corrected chi connectivity index (χ1v) is 8.54. The summed E-state index contributed by atoms with van der Waals surface area (Å²) in [7, 11) is -0.409. The van der Waals surface area contributed by atoms with Crippen LogP contribution >= 0.6 is 0 Å². The monoisotopic (exact) mass is 264 g/mol. The summed E-state index contributed by atoms with van der Waals surface area (Å²) >= 11 is 0. The SMILES string of the molecule is CC.CC.CN=S(=O)(C(C)C)N1CCCCC1. The Bertz CT molecular complexity index is 263. The van der Waals surface area contributed by atoms with Crippen LogP contribution in [0.5, 0.6) is 0 Å². The quantitative estimate of drug-likeness (QED) is 0.743. The van der Waals surface area contributed by atoms with Crippen LogP contribution in [0.15, 0.2) is 4.36 Å². The zero-order chi connectivity index (χ0) is 13.9. The summed E-state index contributed by atoms with van der Waals surface area (Å²) < 4.78 is 18.5. The van der Waals surface area contributed by atoms with Crippen LogP contribution < -0.4 is 0 Å². The Balaban J connectivity index is 0. The van der Waals surface area contributed by atoms with Gasteiger partial charge in [0.1, 0.15) is 9.92 Å². The number of hydrogen-bond acceptors (Lipinski definition) is 2. The highest BCUT2D eigenvalue weighted by Crippen LogP contribution is 2.18. The summed E-state index contributed by atoms with van der Waals surface area (Å²) in [6.07, 6.45) is 3.60. The van der Waals surface area contributed by atoms with Crippen LogP contribution in [0.4, 0.5) is 0 Å². The van der Waals surface area contributed by atoms with Crippen molar-refractivity contribution in [3.05, 3.63) is 0 Å². The molecule has 1 aliphatic rings. The zero-order valence-corrected chi connectivity index (χ0v) is 13.6. The molecule has 0 aromatic rings. The molecule has 1 rings (SSSR count). The molecule has 0 bridgehead atoms. The van der Waals surface area contributed by atoms with Crippen molar-refractivity contribution < 1.29 is 4.21 Å². The summed E-state index contributed by atoms with van der Waals surface area (Å²) in [5.41, 5.74) is 0. The maximum Gasteiger partial charge on any atom is 0.112 e. The van der Waals surface area contributed by atoms with E-state index < -0.39 is 9.92 Å². The summed E-state index contributed by atoms with van der Waals surface area (Å²) in [5.74, 6) is 0. The standard InChI is InChI=1S/C9H20N2OS.2C2H6/c1-9(2)13(12,10-3)11-7-5-4-6-8-11;2*1-2/h9H,4-8H2,1-3H3;2*1-2H3. The molecule has 1 aliphatic heterocycles. The van der Waals surface area contributed by atoms with E-state index in [0.29, 0.717) is 0 Å². The maximum atomic E-state index is 12.4. The van der Waals surface area contributed by atoms with Crippen molar-refractivity contribution in [3.63, 3.8) is 0 Å². The first-order valence-electron chi connectivity index (χ1n) is 7.00. The van der Waals surface area contributed by atoms with Crippen LogP contribution in [0.3, 0.4) is 0 Å². The van der Waals surface area contributed by atoms with Gasteiger partial charge in [-0.3, -0.25) is 0 Å².